The molecule has 0 aliphatic carbocycles. The fourth-order valence-electron chi connectivity index (χ4n) is 2.01. The van der Waals surface area contributed by atoms with Crippen molar-refractivity contribution in [1.82, 2.24) is 15.1 Å². The molecule has 1 heterocycles. The summed E-state index contributed by atoms with van der Waals surface area (Å²) >= 11 is 0. The second-order valence-corrected chi connectivity index (χ2v) is 5.01. The lowest BCUT2D eigenvalue weighted by atomic mass is 10.1. The Morgan fingerprint density at radius 1 is 1.35 bits per heavy atom. The summed E-state index contributed by atoms with van der Waals surface area (Å²) in [6, 6.07) is 9.68. The normalized spacial score (nSPS) is 13.8. The highest BCUT2D eigenvalue weighted by atomic mass is 16.1. The summed E-state index contributed by atoms with van der Waals surface area (Å²) in [5, 5.41) is 7.12. The molecule has 0 saturated carbocycles. The van der Waals surface area contributed by atoms with Gasteiger partial charge in [0.1, 0.15) is 0 Å². The number of nitrogens with one attached hydrogen (secondary N) is 1. The van der Waals surface area contributed by atoms with Crippen LogP contribution in [0, 0.1) is 0 Å². The van der Waals surface area contributed by atoms with E-state index in [0.717, 1.165) is 11.3 Å². The fourth-order valence-corrected chi connectivity index (χ4v) is 2.01. The van der Waals surface area contributed by atoms with Gasteiger partial charge in [-0.3, -0.25) is 4.79 Å². The summed E-state index contributed by atoms with van der Waals surface area (Å²) in [5.74, 6) is -0.0244. The molecule has 2 atom stereocenters. The van der Waals surface area contributed by atoms with Crippen molar-refractivity contribution in [3.63, 3.8) is 0 Å². The van der Waals surface area contributed by atoms with Crippen molar-refractivity contribution in [2.75, 3.05) is 0 Å². The van der Waals surface area contributed by atoms with Gasteiger partial charge in [0.05, 0.1) is 11.7 Å². The number of hydrogen-bond donors (Lipinski definition) is 2. The lowest BCUT2D eigenvalue weighted by Crippen LogP contribution is -2.31. The molecule has 0 aliphatic heterocycles. The monoisotopic (exact) mass is 272 g/mol. The summed E-state index contributed by atoms with van der Waals surface area (Å²) in [6.07, 6.45) is 3.98. The van der Waals surface area contributed by atoms with Crippen molar-refractivity contribution in [1.29, 1.82) is 0 Å². The molecule has 1 aromatic carbocycles. The molecule has 1 aromatic heterocycles. The first-order chi connectivity index (χ1) is 9.56. The summed E-state index contributed by atoms with van der Waals surface area (Å²) in [5.41, 5.74) is 7.66. The quantitative estimate of drug-likeness (QED) is 0.871. The van der Waals surface area contributed by atoms with Crippen molar-refractivity contribution in [3.05, 3.63) is 48.3 Å². The van der Waals surface area contributed by atoms with Crippen LogP contribution in [0.2, 0.25) is 0 Å². The number of amides is 1. The fraction of sp³-hybridized carbons (Fsp3) is 0.333. The molecule has 0 radical (unpaired) electrons. The third-order valence-corrected chi connectivity index (χ3v) is 3.05. The zero-order valence-corrected chi connectivity index (χ0v) is 11.8. The van der Waals surface area contributed by atoms with E-state index in [1.807, 2.05) is 50.4 Å². The van der Waals surface area contributed by atoms with Crippen LogP contribution in [0.25, 0.3) is 5.69 Å². The van der Waals surface area contributed by atoms with Crippen LogP contribution in [-0.4, -0.2) is 21.7 Å². The number of aromatic nitrogens is 2. The van der Waals surface area contributed by atoms with Crippen LogP contribution in [0.4, 0.5) is 0 Å². The molecule has 2 aromatic rings. The minimum absolute atomic E-state index is 0.0244. The largest absolute Gasteiger partial charge is 0.350 e. The van der Waals surface area contributed by atoms with E-state index < -0.39 is 0 Å². The first kappa shape index (κ1) is 14.3. The number of nitrogens with zero attached hydrogens (tertiary/aromatic N) is 2. The van der Waals surface area contributed by atoms with E-state index in [1.54, 1.807) is 10.9 Å². The molecule has 0 bridgehead atoms. The summed E-state index contributed by atoms with van der Waals surface area (Å²) in [6.45, 7) is 3.78. The van der Waals surface area contributed by atoms with Gasteiger partial charge in [0.2, 0.25) is 5.91 Å². The van der Waals surface area contributed by atoms with Crippen molar-refractivity contribution in [2.24, 2.45) is 5.73 Å². The van der Waals surface area contributed by atoms with Crippen LogP contribution in [0.3, 0.4) is 0 Å². The Balaban J connectivity index is 2.01. The van der Waals surface area contributed by atoms with Gasteiger partial charge in [-0.05, 0) is 37.6 Å². The van der Waals surface area contributed by atoms with Gasteiger partial charge < -0.3 is 11.1 Å². The third-order valence-electron chi connectivity index (χ3n) is 3.05. The highest BCUT2D eigenvalue weighted by molar-refractivity contribution is 5.77. The van der Waals surface area contributed by atoms with Crippen LogP contribution in [0.15, 0.2) is 42.7 Å². The molecule has 5 nitrogen and oxygen atoms in total. The lowest BCUT2D eigenvalue weighted by molar-refractivity contribution is -0.122. The van der Waals surface area contributed by atoms with Crippen molar-refractivity contribution >= 4 is 5.91 Å². The maximum absolute atomic E-state index is 11.7. The van der Waals surface area contributed by atoms with Gasteiger partial charge in [-0.15, -0.1) is 0 Å². The smallest absolute Gasteiger partial charge is 0.222 e. The Bertz CT molecular complexity index is 546. The van der Waals surface area contributed by atoms with E-state index in [-0.39, 0.29) is 18.0 Å². The van der Waals surface area contributed by atoms with Crippen molar-refractivity contribution in [2.45, 2.75) is 32.4 Å². The number of rotatable bonds is 5. The van der Waals surface area contributed by atoms with Gasteiger partial charge in [0.15, 0.2) is 0 Å². The van der Waals surface area contributed by atoms with E-state index in [4.69, 9.17) is 5.73 Å². The molecule has 5 heteroatoms. The Hall–Kier alpha value is -2.14. The van der Waals surface area contributed by atoms with E-state index in [9.17, 15) is 4.79 Å². The topological polar surface area (TPSA) is 72.9 Å². The second-order valence-electron chi connectivity index (χ2n) is 5.01. The average molecular weight is 272 g/mol. The molecular weight excluding hydrogens is 252 g/mol. The van der Waals surface area contributed by atoms with Gasteiger partial charge in [-0.1, -0.05) is 12.1 Å². The number of benzene rings is 1. The van der Waals surface area contributed by atoms with Gasteiger partial charge in [0, 0.05) is 24.9 Å². The standard InChI is InChI=1S/C15H20N4O/c1-11(16)10-15(20)18-12(2)13-4-6-14(7-5-13)19-9-3-8-17-19/h3-9,11-12H,10,16H2,1-2H3,(H,18,20). The van der Waals surface area contributed by atoms with Gasteiger partial charge in [-0.25, -0.2) is 4.68 Å². The molecule has 2 rings (SSSR count). The molecule has 0 spiro atoms. The third kappa shape index (κ3) is 3.68. The highest BCUT2D eigenvalue weighted by Gasteiger charge is 2.11. The van der Waals surface area contributed by atoms with Crippen LogP contribution in [0.5, 0.6) is 0 Å². The number of carbonyl (C=O) groups excluding carboxylic acids is 1. The predicted molar refractivity (Wildman–Crippen MR) is 78.4 cm³/mol. The Kier molecular flexibility index (Phi) is 4.53. The Morgan fingerprint density at radius 2 is 2.05 bits per heavy atom. The first-order valence-corrected chi connectivity index (χ1v) is 6.71. The molecule has 3 N–H and O–H groups in total. The maximum atomic E-state index is 11.7. The van der Waals surface area contributed by atoms with Gasteiger partial charge in [-0.2, -0.15) is 5.10 Å². The van der Waals surface area contributed by atoms with E-state index in [1.165, 1.54) is 0 Å². The minimum Gasteiger partial charge on any atom is -0.350 e. The van der Waals surface area contributed by atoms with Crippen molar-refractivity contribution in [3.8, 4) is 5.69 Å². The summed E-state index contributed by atoms with van der Waals surface area (Å²) in [7, 11) is 0. The van der Waals surface area contributed by atoms with Crippen molar-refractivity contribution < 1.29 is 4.79 Å². The van der Waals surface area contributed by atoms with Crippen LogP contribution in [0.1, 0.15) is 31.9 Å². The molecule has 106 valence electrons. The first-order valence-electron chi connectivity index (χ1n) is 6.71. The predicted octanol–water partition coefficient (Wildman–Crippen LogP) is 1.79. The maximum Gasteiger partial charge on any atom is 0.222 e. The molecule has 2 unspecified atom stereocenters. The number of hydrogen-bond acceptors (Lipinski definition) is 3. The lowest BCUT2D eigenvalue weighted by Gasteiger charge is -2.15. The van der Waals surface area contributed by atoms with Crippen LogP contribution < -0.4 is 11.1 Å². The van der Waals surface area contributed by atoms with E-state index in [0.29, 0.717) is 6.42 Å². The molecule has 20 heavy (non-hydrogen) atoms. The molecule has 0 fully saturated rings. The Morgan fingerprint density at radius 3 is 2.60 bits per heavy atom. The number of nitrogens with two attached hydrogens (primary N) is 1. The van der Waals surface area contributed by atoms with E-state index in [2.05, 4.69) is 10.4 Å². The average Bonchev–Trinajstić information content (AvgIpc) is 2.91. The second kappa shape index (κ2) is 6.34. The zero-order valence-electron chi connectivity index (χ0n) is 11.8. The zero-order chi connectivity index (χ0) is 14.5. The molecule has 0 aliphatic rings. The van der Waals surface area contributed by atoms with E-state index >= 15 is 0 Å². The molecule has 0 saturated heterocycles. The Labute approximate surface area is 118 Å². The van der Waals surface area contributed by atoms with Gasteiger partial charge >= 0.3 is 0 Å². The highest BCUT2D eigenvalue weighted by Crippen LogP contribution is 2.15. The van der Waals surface area contributed by atoms with Crippen LogP contribution in [-0.2, 0) is 4.79 Å². The minimum atomic E-state index is -0.121. The molecule has 1 amide bonds. The summed E-state index contributed by atoms with van der Waals surface area (Å²) < 4.78 is 1.79. The summed E-state index contributed by atoms with van der Waals surface area (Å²) in [4.78, 5) is 11.7. The number of carbonyl (C=O) groups is 1. The molecular formula is C15H20N4O. The van der Waals surface area contributed by atoms with Crippen LogP contribution >= 0.6 is 0 Å². The SMILES string of the molecule is CC(N)CC(=O)NC(C)c1ccc(-n2cccn2)cc1. The van der Waals surface area contributed by atoms with Gasteiger partial charge in [0.25, 0.3) is 0 Å².